The average molecular weight is 322 g/mol. The molecule has 2 heterocycles. The van der Waals surface area contributed by atoms with Crippen LogP contribution in [0.15, 0.2) is 53.4 Å². The van der Waals surface area contributed by atoms with Crippen molar-refractivity contribution in [2.45, 2.75) is 38.6 Å². The van der Waals surface area contributed by atoms with Crippen molar-refractivity contribution in [2.24, 2.45) is 0 Å². The van der Waals surface area contributed by atoms with Gasteiger partial charge in [0.15, 0.2) is 5.78 Å². The minimum absolute atomic E-state index is 0.0767. The van der Waals surface area contributed by atoms with E-state index in [-0.39, 0.29) is 11.5 Å². The van der Waals surface area contributed by atoms with Gasteiger partial charge in [0.2, 0.25) is 0 Å². The molecule has 4 nitrogen and oxygen atoms in total. The summed E-state index contributed by atoms with van der Waals surface area (Å²) in [4.78, 5) is 16.4. The van der Waals surface area contributed by atoms with Crippen LogP contribution in [0, 0.1) is 0 Å². The molecule has 2 aliphatic heterocycles. The van der Waals surface area contributed by atoms with Crippen molar-refractivity contribution >= 4 is 17.2 Å². The van der Waals surface area contributed by atoms with Crippen LogP contribution in [0.5, 0.6) is 5.75 Å². The van der Waals surface area contributed by atoms with Gasteiger partial charge in [-0.2, -0.15) is 0 Å². The highest BCUT2D eigenvalue weighted by molar-refractivity contribution is 6.03. The second kappa shape index (κ2) is 5.55. The minimum Gasteiger partial charge on any atom is -0.508 e. The summed E-state index contributed by atoms with van der Waals surface area (Å²) in [6, 6.07) is 5.92. The summed E-state index contributed by atoms with van der Waals surface area (Å²) in [6.45, 7) is 2.21. The molecule has 1 aliphatic carbocycles. The molecule has 1 unspecified atom stereocenters. The maximum absolute atomic E-state index is 11.8. The van der Waals surface area contributed by atoms with E-state index in [0.717, 1.165) is 54.0 Å². The molecule has 4 heteroatoms. The molecule has 0 saturated carbocycles. The lowest BCUT2D eigenvalue weighted by Gasteiger charge is -2.39. The number of fused-ring (bicyclic) bond motifs is 4. The Morgan fingerprint density at radius 2 is 2.08 bits per heavy atom. The van der Waals surface area contributed by atoms with Gasteiger partial charge in [0, 0.05) is 24.7 Å². The fraction of sp³-hybridized carbons (Fsp3) is 0.350. The number of rotatable bonds is 3. The lowest BCUT2D eigenvalue weighted by molar-refractivity contribution is -0.110. The van der Waals surface area contributed by atoms with E-state index in [1.165, 1.54) is 0 Å². The van der Waals surface area contributed by atoms with Crippen LogP contribution in [0.4, 0.5) is 11.4 Å². The molecule has 4 rings (SSSR count). The van der Waals surface area contributed by atoms with Gasteiger partial charge in [-0.3, -0.25) is 4.79 Å². The van der Waals surface area contributed by atoms with Crippen LogP contribution in [0.25, 0.3) is 0 Å². The maximum Gasteiger partial charge on any atom is 0.178 e. The fourth-order valence-electron chi connectivity index (χ4n) is 4.03. The van der Waals surface area contributed by atoms with Crippen LogP contribution in [-0.2, 0) is 4.79 Å². The maximum atomic E-state index is 11.8. The monoisotopic (exact) mass is 322 g/mol. The highest BCUT2D eigenvalue weighted by Crippen LogP contribution is 2.50. The summed E-state index contributed by atoms with van der Waals surface area (Å²) in [5.74, 6) is 1.48. The zero-order valence-electron chi connectivity index (χ0n) is 14.1. The van der Waals surface area contributed by atoms with Gasteiger partial charge in [0.25, 0.3) is 0 Å². The highest BCUT2D eigenvalue weighted by atomic mass is 16.3. The SMILES string of the molecule is CCCCC1CC2=CC(=O)C=CC2=C2N(C)c3cc(O)ccc3N21. The standard InChI is InChI=1S/C20H22N2O2/c1-3-4-5-14-10-13-11-15(23)6-8-17(13)20-21(2)19-12-16(24)7-9-18(19)22(14)20/h6-9,11-12,14,24H,3-5,10H2,1-2H3. The van der Waals surface area contributed by atoms with Gasteiger partial charge in [-0.05, 0) is 48.8 Å². The third-order valence-corrected chi connectivity index (χ3v) is 5.15. The molecular weight excluding hydrogens is 300 g/mol. The highest BCUT2D eigenvalue weighted by Gasteiger charge is 2.40. The topological polar surface area (TPSA) is 43.8 Å². The molecule has 0 aromatic heterocycles. The van der Waals surface area contributed by atoms with Crippen LogP contribution in [0.3, 0.4) is 0 Å². The van der Waals surface area contributed by atoms with Crippen molar-refractivity contribution in [2.75, 3.05) is 16.8 Å². The van der Waals surface area contributed by atoms with Crippen molar-refractivity contribution in [1.82, 2.24) is 0 Å². The van der Waals surface area contributed by atoms with Crippen LogP contribution in [0.1, 0.15) is 32.6 Å². The first-order valence-electron chi connectivity index (χ1n) is 8.63. The number of unbranched alkanes of at least 4 members (excludes halogenated alkanes) is 1. The Balaban J connectivity index is 1.88. The lowest BCUT2D eigenvalue weighted by atomic mass is 9.87. The number of hydrogen-bond acceptors (Lipinski definition) is 4. The van der Waals surface area contributed by atoms with E-state index in [2.05, 4.69) is 16.7 Å². The van der Waals surface area contributed by atoms with Crippen molar-refractivity contribution in [1.29, 1.82) is 0 Å². The Bertz CT molecular complexity index is 804. The van der Waals surface area contributed by atoms with E-state index < -0.39 is 0 Å². The van der Waals surface area contributed by atoms with Crippen LogP contribution in [-0.4, -0.2) is 24.0 Å². The fourth-order valence-corrected chi connectivity index (χ4v) is 4.03. The molecule has 0 radical (unpaired) electrons. The summed E-state index contributed by atoms with van der Waals surface area (Å²) >= 11 is 0. The molecule has 24 heavy (non-hydrogen) atoms. The van der Waals surface area contributed by atoms with Gasteiger partial charge >= 0.3 is 0 Å². The third kappa shape index (κ3) is 2.17. The van der Waals surface area contributed by atoms with Crippen LogP contribution < -0.4 is 9.80 Å². The Morgan fingerprint density at radius 3 is 2.88 bits per heavy atom. The number of carbonyl (C=O) groups is 1. The molecule has 1 N–H and O–H groups in total. The average Bonchev–Trinajstić information content (AvgIpc) is 2.85. The predicted octanol–water partition coefficient (Wildman–Crippen LogP) is 3.89. The normalized spacial score (nSPS) is 21.7. The predicted molar refractivity (Wildman–Crippen MR) is 96.2 cm³/mol. The molecule has 3 aliphatic rings. The molecule has 1 aromatic carbocycles. The summed E-state index contributed by atoms with van der Waals surface area (Å²) in [7, 11) is 2.03. The summed E-state index contributed by atoms with van der Waals surface area (Å²) in [5.41, 5.74) is 4.42. The number of benzene rings is 1. The van der Waals surface area contributed by atoms with Gasteiger partial charge in [0.1, 0.15) is 11.6 Å². The van der Waals surface area contributed by atoms with Crippen molar-refractivity contribution in [3.05, 3.63) is 53.4 Å². The van der Waals surface area contributed by atoms with Gasteiger partial charge < -0.3 is 14.9 Å². The number of aromatic hydroxyl groups is 1. The van der Waals surface area contributed by atoms with Crippen molar-refractivity contribution < 1.29 is 9.90 Å². The summed E-state index contributed by atoms with van der Waals surface area (Å²) < 4.78 is 0. The summed E-state index contributed by atoms with van der Waals surface area (Å²) in [6.07, 6.45) is 9.68. The van der Waals surface area contributed by atoms with E-state index in [1.54, 1.807) is 18.2 Å². The second-order valence-corrected chi connectivity index (χ2v) is 6.74. The first-order chi connectivity index (χ1) is 11.6. The minimum atomic E-state index is 0.0767. The van der Waals surface area contributed by atoms with Gasteiger partial charge in [-0.1, -0.05) is 19.8 Å². The number of carbonyl (C=O) groups excluding carboxylic acids is 1. The van der Waals surface area contributed by atoms with Crippen LogP contribution >= 0.6 is 0 Å². The van der Waals surface area contributed by atoms with Gasteiger partial charge in [0.05, 0.1) is 11.4 Å². The first-order valence-corrected chi connectivity index (χ1v) is 8.63. The lowest BCUT2D eigenvalue weighted by Crippen LogP contribution is -2.41. The van der Waals surface area contributed by atoms with Crippen molar-refractivity contribution in [3.8, 4) is 5.75 Å². The van der Waals surface area contributed by atoms with Gasteiger partial charge in [-0.25, -0.2) is 0 Å². The Labute approximate surface area is 142 Å². The molecule has 124 valence electrons. The molecule has 0 fully saturated rings. The molecule has 1 atom stereocenters. The zero-order chi connectivity index (χ0) is 16.8. The quantitative estimate of drug-likeness (QED) is 0.917. The molecule has 0 spiro atoms. The Kier molecular flexibility index (Phi) is 3.48. The largest absolute Gasteiger partial charge is 0.508 e. The number of phenolic OH excluding ortho intramolecular Hbond substituents is 1. The Hall–Kier alpha value is -2.49. The van der Waals surface area contributed by atoms with E-state index >= 15 is 0 Å². The first kappa shape index (κ1) is 15.1. The molecule has 0 saturated heterocycles. The Morgan fingerprint density at radius 1 is 1.25 bits per heavy atom. The van der Waals surface area contributed by atoms with E-state index in [4.69, 9.17) is 0 Å². The van der Waals surface area contributed by atoms with E-state index in [9.17, 15) is 9.90 Å². The van der Waals surface area contributed by atoms with E-state index in [0.29, 0.717) is 6.04 Å². The summed E-state index contributed by atoms with van der Waals surface area (Å²) in [5, 5.41) is 9.89. The van der Waals surface area contributed by atoms with E-state index in [1.807, 2.05) is 25.3 Å². The number of hydrogen-bond donors (Lipinski definition) is 1. The second-order valence-electron chi connectivity index (χ2n) is 6.74. The van der Waals surface area contributed by atoms with Gasteiger partial charge in [-0.15, -0.1) is 0 Å². The van der Waals surface area contributed by atoms with Crippen LogP contribution in [0.2, 0.25) is 0 Å². The molecular formula is C20H22N2O2. The third-order valence-electron chi connectivity index (χ3n) is 5.15. The number of ketones is 1. The molecule has 0 amide bonds. The number of nitrogens with zero attached hydrogens (tertiary/aromatic N) is 2. The van der Waals surface area contributed by atoms with Crippen molar-refractivity contribution in [3.63, 3.8) is 0 Å². The number of anilines is 2. The number of allylic oxidation sites excluding steroid dienone is 4. The molecule has 1 aromatic rings. The smallest absolute Gasteiger partial charge is 0.178 e. The molecule has 0 bridgehead atoms. The number of phenols is 1. The zero-order valence-corrected chi connectivity index (χ0v) is 14.1.